The lowest BCUT2D eigenvalue weighted by molar-refractivity contribution is -0.192. The highest BCUT2D eigenvalue weighted by Crippen LogP contribution is 2.31. The number of nitrogens with one attached hydrogen (secondary N) is 1. The third-order valence-electron chi connectivity index (χ3n) is 6.90. The van der Waals surface area contributed by atoms with Gasteiger partial charge in [0, 0.05) is 18.8 Å². The molecule has 226 valence electrons. The molecule has 3 aromatic rings. The van der Waals surface area contributed by atoms with E-state index in [1.807, 2.05) is 19.9 Å². The first-order chi connectivity index (χ1) is 19.7. The topological polar surface area (TPSA) is 124 Å². The lowest BCUT2D eigenvalue weighted by Gasteiger charge is -2.34. The number of anilines is 2. The smallest absolute Gasteiger partial charge is 0.478 e. The third-order valence-corrected chi connectivity index (χ3v) is 8.30. The minimum atomic E-state index is -5.08. The predicted octanol–water partition coefficient (Wildman–Crippen LogP) is 6.40. The molecule has 42 heavy (non-hydrogen) atoms. The molecule has 3 N–H and O–H groups in total. The van der Waals surface area contributed by atoms with Crippen molar-refractivity contribution in [1.82, 2.24) is 0 Å². The Morgan fingerprint density at radius 2 is 1.52 bits per heavy atom. The van der Waals surface area contributed by atoms with Gasteiger partial charge < -0.3 is 15.1 Å². The van der Waals surface area contributed by atoms with Gasteiger partial charge in [0.25, 0.3) is 10.0 Å². The van der Waals surface area contributed by atoms with E-state index in [9.17, 15) is 31.5 Å². The minimum Gasteiger partial charge on any atom is -0.478 e. The van der Waals surface area contributed by atoms with Crippen LogP contribution in [0.25, 0.3) is 0 Å². The number of hydrogen-bond donors (Lipinski definition) is 3. The lowest BCUT2D eigenvalue weighted by atomic mass is 9.90. The summed E-state index contributed by atoms with van der Waals surface area (Å²) in [6.07, 6.45) is -2.09. The Kier molecular flexibility index (Phi) is 10.6. The van der Waals surface area contributed by atoms with Crippen molar-refractivity contribution in [1.29, 1.82) is 0 Å². The first-order valence-electron chi connectivity index (χ1n) is 13.3. The number of alkyl halides is 3. The van der Waals surface area contributed by atoms with Crippen LogP contribution in [0.15, 0.2) is 77.7 Å². The summed E-state index contributed by atoms with van der Waals surface area (Å²) in [5.41, 5.74) is 3.33. The van der Waals surface area contributed by atoms with E-state index in [0.717, 1.165) is 37.9 Å². The van der Waals surface area contributed by atoms with Crippen molar-refractivity contribution in [3.8, 4) is 0 Å². The molecule has 0 aliphatic carbocycles. The molecule has 1 aliphatic rings. The number of aromatic carboxylic acids is 1. The number of benzene rings is 3. The molecular weight excluding hydrogens is 573 g/mol. The maximum atomic E-state index is 12.9. The summed E-state index contributed by atoms with van der Waals surface area (Å²) in [4.78, 5) is 23.2. The van der Waals surface area contributed by atoms with Crippen LogP contribution in [0.5, 0.6) is 0 Å². The molecule has 0 aromatic heterocycles. The molecule has 0 spiro atoms. The molecule has 0 unspecified atom stereocenters. The monoisotopic (exact) mass is 606 g/mol. The molecule has 0 amide bonds. The highest BCUT2D eigenvalue weighted by Gasteiger charge is 2.38. The van der Waals surface area contributed by atoms with E-state index in [0.29, 0.717) is 17.5 Å². The van der Waals surface area contributed by atoms with Crippen molar-refractivity contribution in [2.45, 2.75) is 50.1 Å². The van der Waals surface area contributed by atoms with Crippen molar-refractivity contribution in [3.63, 3.8) is 0 Å². The average Bonchev–Trinajstić information content (AvgIpc) is 2.94. The SMILES string of the molecule is CC(C)c1ccc(S(=O)(=O)Nc2ccc(N3CCC(Cc4ccccc4)CC3)c(C(=O)O)c2)cc1.O=C(O)C(F)(F)F. The number of rotatable bonds is 8. The summed E-state index contributed by atoms with van der Waals surface area (Å²) in [6, 6.07) is 21.9. The molecule has 0 bridgehead atoms. The normalized spacial score (nSPS) is 14.2. The maximum absolute atomic E-state index is 12.9. The second-order valence-electron chi connectivity index (χ2n) is 10.3. The molecule has 0 atom stereocenters. The van der Waals surface area contributed by atoms with Gasteiger partial charge in [-0.2, -0.15) is 13.2 Å². The van der Waals surface area contributed by atoms with Gasteiger partial charge in [-0.3, -0.25) is 4.72 Å². The highest BCUT2D eigenvalue weighted by molar-refractivity contribution is 7.92. The van der Waals surface area contributed by atoms with Crippen LogP contribution in [0.3, 0.4) is 0 Å². The van der Waals surface area contributed by atoms with E-state index in [1.54, 1.807) is 36.4 Å². The molecule has 4 rings (SSSR count). The van der Waals surface area contributed by atoms with Crippen LogP contribution in [0.2, 0.25) is 0 Å². The minimum absolute atomic E-state index is 0.0989. The van der Waals surface area contributed by atoms with Gasteiger partial charge in [-0.1, -0.05) is 56.3 Å². The molecule has 0 radical (unpaired) electrons. The molecule has 0 saturated carbocycles. The largest absolute Gasteiger partial charge is 0.490 e. The fraction of sp³-hybridized carbons (Fsp3) is 0.333. The number of carboxylic acids is 2. The molecule has 1 aliphatic heterocycles. The summed E-state index contributed by atoms with van der Waals surface area (Å²) in [7, 11) is -3.83. The van der Waals surface area contributed by atoms with Crippen LogP contribution in [-0.2, 0) is 21.2 Å². The summed E-state index contributed by atoms with van der Waals surface area (Å²) in [5, 5.41) is 17.0. The number of piperidine rings is 1. The van der Waals surface area contributed by atoms with E-state index in [1.165, 1.54) is 11.6 Å². The lowest BCUT2D eigenvalue weighted by Crippen LogP contribution is -2.35. The fourth-order valence-corrected chi connectivity index (χ4v) is 5.67. The van der Waals surface area contributed by atoms with E-state index >= 15 is 0 Å². The van der Waals surface area contributed by atoms with Crippen LogP contribution in [0.1, 0.15) is 54.1 Å². The van der Waals surface area contributed by atoms with Gasteiger partial charge in [0.1, 0.15) is 0 Å². The Bertz CT molecular complexity index is 1470. The Labute approximate surface area is 242 Å². The Morgan fingerprint density at radius 3 is 2.02 bits per heavy atom. The van der Waals surface area contributed by atoms with Crippen LogP contribution in [-0.4, -0.2) is 49.8 Å². The van der Waals surface area contributed by atoms with Gasteiger partial charge in [-0.25, -0.2) is 18.0 Å². The van der Waals surface area contributed by atoms with Gasteiger partial charge in [0.2, 0.25) is 0 Å². The molecular formula is C30H33F3N2O6S. The van der Waals surface area contributed by atoms with E-state index in [4.69, 9.17) is 9.90 Å². The van der Waals surface area contributed by atoms with Crippen molar-refractivity contribution >= 4 is 33.3 Å². The summed E-state index contributed by atoms with van der Waals surface area (Å²) in [5.74, 6) is -2.97. The van der Waals surface area contributed by atoms with Gasteiger partial charge >= 0.3 is 18.1 Å². The number of carboxylic acid groups (broad SMARTS) is 2. The van der Waals surface area contributed by atoms with Gasteiger partial charge in [0.05, 0.1) is 16.1 Å². The first kappa shape index (κ1) is 32.5. The number of carbonyl (C=O) groups is 2. The fourth-order valence-electron chi connectivity index (χ4n) is 4.62. The van der Waals surface area contributed by atoms with Crippen LogP contribution in [0, 0.1) is 5.92 Å². The van der Waals surface area contributed by atoms with Gasteiger partial charge in [-0.15, -0.1) is 0 Å². The van der Waals surface area contributed by atoms with Crippen LogP contribution < -0.4 is 9.62 Å². The van der Waals surface area contributed by atoms with E-state index < -0.39 is 28.1 Å². The number of hydrogen-bond acceptors (Lipinski definition) is 5. The quantitative estimate of drug-likeness (QED) is 0.271. The molecule has 12 heteroatoms. The predicted molar refractivity (Wildman–Crippen MR) is 154 cm³/mol. The summed E-state index contributed by atoms with van der Waals surface area (Å²) >= 11 is 0. The first-order valence-corrected chi connectivity index (χ1v) is 14.7. The molecule has 1 fully saturated rings. The maximum Gasteiger partial charge on any atom is 0.490 e. The standard InChI is InChI=1S/C28H32N2O4S.C2HF3O2/c1-20(2)23-8-11-25(12-9-23)35(33,34)29-24-10-13-27(26(19-24)28(31)32)30-16-14-22(15-17-30)18-21-6-4-3-5-7-21;3-2(4,5)1(6)7/h3-13,19-20,22,29H,14-18H2,1-2H3,(H,31,32);(H,6,7). The van der Waals surface area contributed by atoms with Crippen LogP contribution in [0.4, 0.5) is 24.5 Å². The summed E-state index contributed by atoms with van der Waals surface area (Å²) < 4.78 is 60.0. The zero-order valence-corrected chi connectivity index (χ0v) is 24.0. The zero-order chi connectivity index (χ0) is 31.1. The molecule has 1 heterocycles. The molecule has 1 saturated heterocycles. The summed E-state index contributed by atoms with van der Waals surface area (Å²) in [6.45, 7) is 5.63. The van der Waals surface area contributed by atoms with Crippen LogP contribution >= 0.6 is 0 Å². The third kappa shape index (κ3) is 8.97. The Balaban J connectivity index is 0.000000616. The average molecular weight is 607 g/mol. The molecule has 8 nitrogen and oxygen atoms in total. The Morgan fingerprint density at radius 1 is 0.952 bits per heavy atom. The molecule has 3 aromatic carbocycles. The second-order valence-corrected chi connectivity index (χ2v) is 12.0. The second kappa shape index (κ2) is 13.7. The van der Waals surface area contributed by atoms with E-state index in [2.05, 4.69) is 33.9 Å². The number of halogens is 3. The van der Waals surface area contributed by atoms with Crippen molar-refractivity contribution in [2.75, 3.05) is 22.7 Å². The zero-order valence-electron chi connectivity index (χ0n) is 23.1. The van der Waals surface area contributed by atoms with E-state index in [-0.39, 0.29) is 16.1 Å². The number of aliphatic carboxylic acids is 1. The van der Waals surface area contributed by atoms with Gasteiger partial charge in [-0.05, 0) is 72.6 Å². The van der Waals surface area contributed by atoms with Gasteiger partial charge in [0.15, 0.2) is 0 Å². The number of nitrogens with zero attached hydrogens (tertiary/aromatic N) is 1. The highest BCUT2D eigenvalue weighted by atomic mass is 32.2. The van der Waals surface area contributed by atoms with Crippen molar-refractivity contribution < 1.29 is 41.4 Å². The van der Waals surface area contributed by atoms with Crippen molar-refractivity contribution in [3.05, 3.63) is 89.5 Å². The number of sulfonamides is 1. The Hall–Kier alpha value is -4.06. The van der Waals surface area contributed by atoms with Crippen molar-refractivity contribution in [2.24, 2.45) is 5.92 Å².